The van der Waals surface area contributed by atoms with Crippen molar-refractivity contribution in [3.63, 3.8) is 0 Å². The molecule has 0 radical (unpaired) electrons. The number of nitrogens with one attached hydrogen (secondary N) is 1. The number of anilines is 1. The monoisotopic (exact) mass is 232 g/mol. The van der Waals surface area contributed by atoms with Crippen LogP contribution in [0.1, 0.15) is 17.9 Å². The second kappa shape index (κ2) is 4.22. The van der Waals surface area contributed by atoms with Gasteiger partial charge in [-0.3, -0.25) is 0 Å². The van der Waals surface area contributed by atoms with Crippen LogP contribution in [0.15, 0.2) is 18.2 Å². The number of fused-ring (bicyclic) bond motifs is 3. The van der Waals surface area contributed by atoms with Crippen LogP contribution in [0.4, 0.5) is 5.69 Å². The van der Waals surface area contributed by atoms with Gasteiger partial charge in [0, 0.05) is 20.1 Å². The molecule has 92 valence electrons. The lowest BCUT2D eigenvalue weighted by Gasteiger charge is -2.42. The van der Waals surface area contributed by atoms with Gasteiger partial charge < -0.3 is 15.0 Å². The van der Waals surface area contributed by atoms with E-state index in [9.17, 15) is 0 Å². The molecule has 17 heavy (non-hydrogen) atoms. The lowest BCUT2D eigenvalue weighted by Crippen LogP contribution is -2.45. The van der Waals surface area contributed by atoms with E-state index in [2.05, 4.69) is 35.5 Å². The molecule has 3 heteroatoms. The summed E-state index contributed by atoms with van der Waals surface area (Å²) in [5.41, 5.74) is 2.78. The molecule has 1 aromatic rings. The number of benzene rings is 1. The second-order valence-electron chi connectivity index (χ2n) is 5.14. The van der Waals surface area contributed by atoms with Gasteiger partial charge in [-0.2, -0.15) is 0 Å². The Hall–Kier alpha value is -1.22. The van der Waals surface area contributed by atoms with E-state index in [1.165, 1.54) is 17.7 Å². The average Bonchev–Trinajstić information content (AvgIpc) is 2.38. The normalized spacial score (nSPS) is 27.3. The lowest BCUT2D eigenvalue weighted by molar-refractivity contribution is 0.315. The van der Waals surface area contributed by atoms with Crippen molar-refractivity contribution >= 4 is 5.69 Å². The Balaban J connectivity index is 2.07. The summed E-state index contributed by atoms with van der Waals surface area (Å²) in [5, 5.41) is 3.51. The van der Waals surface area contributed by atoms with Crippen LogP contribution in [-0.2, 0) is 0 Å². The molecular formula is C14H20N2O. The third kappa shape index (κ3) is 1.69. The maximum atomic E-state index is 5.51. The molecule has 0 saturated carbocycles. The van der Waals surface area contributed by atoms with Gasteiger partial charge in [0.15, 0.2) is 0 Å². The van der Waals surface area contributed by atoms with Gasteiger partial charge in [0.25, 0.3) is 0 Å². The minimum atomic E-state index is 0.706. The van der Waals surface area contributed by atoms with Crippen LogP contribution in [0.3, 0.4) is 0 Å². The number of methoxy groups -OCH3 is 1. The van der Waals surface area contributed by atoms with Crippen LogP contribution in [-0.4, -0.2) is 33.8 Å². The highest BCUT2D eigenvalue weighted by Crippen LogP contribution is 2.45. The maximum Gasteiger partial charge on any atom is 0.142 e. The van der Waals surface area contributed by atoms with Crippen LogP contribution in [0.25, 0.3) is 0 Å². The van der Waals surface area contributed by atoms with E-state index >= 15 is 0 Å². The van der Waals surface area contributed by atoms with E-state index in [4.69, 9.17) is 4.74 Å². The molecule has 0 spiro atoms. The molecule has 2 aliphatic heterocycles. The molecule has 2 heterocycles. The largest absolute Gasteiger partial charge is 0.495 e. The zero-order valence-corrected chi connectivity index (χ0v) is 10.6. The smallest absolute Gasteiger partial charge is 0.142 e. The predicted molar refractivity (Wildman–Crippen MR) is 70.0 cm³/mol. The first-order valence-electron chi connectivity index (χ1n) is 6.40. The van der Waals surface area contributed by atoms with Gasteiger partial charge >= 0.3 is 0 Å². The molecule has 2 atom stereocenters. The quantitative estimate of drug-likeness (QED) is 0.799. The number of nitrogens with zero attached hydrogens (tertiary/aromatic N) is 1. The Morgan fingerprint density at radius 1 is 1.41 bits per heavy atom. The summed E-state index contributed by atoms with van der Waals surface area (Å²) >= 11 is 0. The molecule has 0 amide bonds. The summed E-state index contributed by atoms with van der Waals surface area (Å²) < 4.78 is 5.51. The molecule has 2 unspecified atom stereocenters. The summed E-state index contributed by atoms with van der Waals surface area (Å²) in [4.78, 5) is 2.35. The molecule has 0 aromatic heterocycles. The number of para-hydroxylation sites is 1. The van der Waals surface area contributed by atoms with Crippen molar-refractivity contribution in [3.05, 3.63) is 23.8 Å². The van der Waals surface area contributed by atoms with E-state index in [-0.39, 0.29) is 0 Å². The highest BCUT2D eigenvalue weighted by Gasteiger charge is 2.35. The third-order valence-corrected chi connectivity index (χ3v) is 4.15. The van der Waals surface area contributed by atoms with Crippen molar-refractivity contribution in [1.82, 2.24) is 5.32 Å². The number of rotatable bonds is 1. The Labute approximate surface area is 103 Å². The minimum absolute atomic E-state index is 0.706. The summed E-state index contributed by atoms with van der Waals surface area (Å²) in [6, 6.07) is 6.46. The Morgan fingerprint density at radius 3 is 3.12 bits per heavy atom. The van der Waals surface area contributed by atoms with E-state index in [1.54, 1.807) is 7.11 Å². The fraction of sp³-hybridized carbons (Fsp3) is 0.571. The molecule has 2 aliphatic rings. The van der Waals surface area contributed by atoms with Crippen molar-refractivity contribution in [2.24, 2.45) is 5.92 Å². The fourth-order valence-electron chi connectivity index (χ4n) is 3.38. The number of piperidine rings is 1. The first kappa shape index (κ1) is 10.9. The summed E-state index contributed by atoms with van der Waals surface area (Å²) in [6.07, 6.45) is 1.25. The highest BCUT2D eigenvalue weighted by atomic mass is 16.5. The van der Waals surface area contributed by atoms with Crippen LogP contribution in [0.2, 0.25) is 0 Å². The molecule has 1 fully saturated rings. The predicted octanol–water partition coefficient (Wildman–Crippen LogP) is 1.84. The SMILES string of the molecule is COc1cccc2c1N(C)CC1CNCCC21. The van der Waals surface area contributed by atoms with Gasteiger partial charge in [-0.1, -0.05) is 12.1 Å². The van der Waals surface area contributed by atoms with Gasteiger partial charge in [0.05, 0.1) is 12.8 Å². The fourth-order valence-corrected chi connectivity index (χ4v) is 3.38. The molecule has 1 saturated heterocycles. The zero-order valence-electron chi connectivity index (χ0n) is 10.6. The van der Waals surface area contributed by atoms with Crippen molar-refractivity contribution in [2.45, 2.75) is 12.3 Å². The first-order valence-corrected chi connectivity index (χ1v) is 6.40. The Bertz CT molecular complexity index is 419. The molecule has 0 aliphatic carbocycles. The lowest BCUT2D eigenvalue weighted by atomic mass is 9.77. The van der Waals surface area contributed by atoms with E-state index in [1.807, 2.05) is 0 Å². The van der Waals surface area contributed by atoms with Gasteiger partial charge in [-0.25, -0.2) is 0 Å². The van der Waals surface area contributed by atoms with Gasteiger partial charge in [0.2, 0.25) is 0 Å². The van der Waals surface area contributed by atoms with E-state index < -0.39 is 0 Å². The number of hydrogen-bond acceptors (Lipinski definition) is 3. The standard InChI is InChI=1S/C14H20N2O/c1-16-9-10-8-15-7-6-11(10)12-4-3-5-13(17-2)14(12)16/h3-5,10-11,15H,6-9H2,1-2H3. The van der Waals surface area contributed by atoms with Crippen LogP contribution in [0, 0.1) is 5.92 Å². The maximum absolute atomic E-state index is 5.51. The molecule has 1 N–H and O–H groups in total. The van der Waals surface area contributed by atoms with Crippen LogP contribution < -0.4 is 15.0 Å². The van der Waals surface area contributed by atoms with Gasteiger partial charge in [0.1, 0.15) is 5.75 Å². The Kier molecular flexibility index (Phi) is 2.71. The molecule has 3 rings (SSSR count). The summed E-state index contributed by atoms with van der Waals surface area (Å²) in [5.74, 6) is 2.47. The Morgan fingerprint density at radius 2 is 2.29 bits per heavy atom. The summed E-state index contributed by atoms with van der Waals surface area (Å²) in [7, 11) is 3.93. The molecule has 1 aromatic carbocycles. The average molecular weight is 232 g/mol. The molecule has 0 bridgehead atoms. The highest BCUT2D eigenvalue weighted by molar-refractivity contribution is 5.66. The van der Waals surface area contributed by atoms with E-state index in [0.717, 1.165) is 31.3 Å². The van der Waals surface area contributed by atoms with Crippen molar-refractivity contribution in [3.8, 4) is 5.75 Å². The van der Waals surface area contributed by atoms with Gasteiger partial charge in [-0.05, 0) is 36.4 Å². The van der Waals surface area contributed by atoms with Crippen molar-refractivity contribution < 1.29 is 4.74 Å². The molecular weight excluding hydrogens is 212 g/mol. The number of ether oxygens (including phenoxy) is 1. The van der Waals surface area contributed by atoms with Crippen LogP contribution >= 0.6 is 0 Å². The zero-order chi connectivity index (χ0) is 11.8. The van der Waals surface area contributed by atoms with Gasteiger partial charge in [-0.15, -0.1) is 0 Å². The molecule has 3 nitrogen and oxygen atoms in total. The van der Waals surface area contributed by atoms with Crippen LogP contribution in [0.5, 0.6) is 5.75 Å². The summed E-state index contributed by atoms with van der Waals surface area (Å²) in [6.45, 7) is 3.41. The van der Waals surface area contributed by atoms with Crippen molar-refractivity contribution in [2.75, 3.05) is 38.7 Å². The van der Waals surface area contributed by atoms with Crippen molar-refractivity contribution in [1.29, 1.82) is 0 Å². The first-order chi connectivity index (χ1) is 8.31. The second-order valence-corrected chi connectivity index (χ2v) is 5.14. The number of hydrogen-bond donors (Lipinski definition) is 1. The van der Waals surface area contributed by atoms with E-state index in [0.29, 0.717) is 5.92 Å². The third-order valence-electron chi connectivity index (χ3n) is 4.15. The topological polar surface area (TPSA) is 24.5 Å². The minimum Gasteiger partial charge on any atom is -0.495 e.